The van der Waals surface area contributed by atoms with Crippen LogP contribution in [0.4, 0.5) is 0 Å². The molecule has 0 fully saturated rings. The molecule has 0 bridgehead atoms. The number of carbonyl (C=O) groups excluding carboxylic acids is 2. The molecule has 0 aromatic heterocycles. The van der Waals surface area contributed by atoms with E-state index in [0.717, 1.165) is 0 Å². The van der Waals surface area contributed by atoms with Gasteiger partial charge in [-0.1, -0.05) is 23.7 Å². The summed E-state index contributed by atoms with van der Waals surface area (Å²) in [6, 6.07) is 0. The van der Waals surface area contributed by atoms with Crippen LogP contribution in [0.3, 0.4) is 0 Å². The highest BCUT2D eigenvalue weighted by Gasteiger charge is 2.16. The molecule has 0 aromatic carbocycles. The van der Waals surface area contributed by atoms with Gasteiger partial charge in [0.05, 0.1) is 13.2 Å². The molecule has 4 nitrogen and oxygen atoms in total. The zero-order valence-electron chi connectivity index (χ0n) is 10.4. The van der Waals surface area contributed by atoms with E-state index in [4.69, 9.17) is 4.74 Å². The SMILES string of the molecule is CCOC(=O)CC(=O)N1CC#C/C=C\C#CCC1. The van der Waals surface area contributed by atoms with Gasteiger partial charge in [0.25, 0.3) is 0 Å². The van der Waals surface area contributed by atoms with Crippen LogP contribution in [-0.4, -0.2) is 36.5 Å². The molecular formula is C14H15NO3. The van der Waals surface area contributed by atoms with Crippen LogP contribution < -0.4 is 0 Å². The average molecular weight is 245 g/mol. The van der Waals surface area contributed by atoms with E-state index >= 15 is 0 Å². The zero-order valence-corrected chi connectivity index (χ0v) is 10.4. The van der Waals surface area contributed by atoms with E-state index in [1.54, 1.807) is 19.1 Å². The summed E-state index contributed by atoms with van der Waals surface area (Å²) in [6.07, 6.45) is 3.66. The molecule has 1 heterocycles. The quantitative estimate of drug-likeness (QED) is 0.418. The van der Waals surface area contributed by atoms with E-state index in [0.29, 0.717) is 19.5 Å². The van der Waals surface area contributed by atoms with E-state index in [9.17, 15) is 9.59 Å². The van der Waals surface area contributed by atoms with Gasteiger partial charge in [0, 0.05) is 13.0 Å². The second kappa shape index (κ2) is 7.97. The van der Waals surface area contributed by atoms with Gasteiger partial charge in [-0.05, 0) is 19.1 Å². The molecule has 0 unspecified atom stereocenters. The Morgan fingerprint density at radius 2 is 2.00 bits per heavy atom. The van der Waals surface area contributed by atoms with Crippen LogP contribution in [0.5, 0.6) is 0 Å². The van der Waals surface area contributed by atoms with Crippen molar-refractivity contribution in [3.63, 3.8) is 0 Å². The first-order valence-electron chi connectivity index (χ1n) is 5.79. The summed E-state index contributed by atoms with van der Waals surface area (Å²) >= 11 is 0. The molecule has 1 aliphatic heterocycles. The minimum atomic E-state index is -0.501. The molecule has 0 atom stereocenters. The van der Waals surface area contributed by atoms with Crippen LogP contribution in [0.15, 0.2) is 12.2 Å². The molecule has 0 aliphatic carbocycles. The third-order valence-electron chi connectivity index (χ3n) is 2.18. The van der Waals surface area contributed by atoms with Gasteiger partial charge in [0.1, 0.15) is 6.42 Å². The predicted octanol–water partition coefficient (Wildman–Crippen LogP) is 0.735. The molecule has 0 saturated heterocycles. The molecule has 18 heavy (non-hydrogen) atoms. The maximum Gasteiger partial charge on any atom is 0.315 e. The van der Waals surface area contributed by atoms with Gasteiger partial charge in [-0.3, -0.25) is 9.59 Å². The topological polar surface area (TPSA) is 46.6 Å². The lowest BCUT2D eigenvalue weighted by atomic mass is 10.3. The summed E-state index contributed by atoms with van der Waals surface area (Å²) in [6.45, 7) is 2.78. The molecule has 0 saturated carbocycles. The Balaban J connectivity index is 2.58. The van der Waals surface area contributed by atoms with Crippen molar-refractivity contribution in [2.75, 3.05) is 19.7 Å². The number of hydrogen-bond acceptors (Lipinski definition) is 3. The summed E-state index contributed by atoms with van der Waals surface area (Å²) in [4.78, 5) is 24.6. The number of ether oxygens (including phenoxy) is 1. The summed E-state index contributed by atoms with van der Waals surface area (Å²) in [5.74, 6) is 10.6. The van der Waals surface area contributed by atoms with E-state index in [-0.39, 0.29) is 18.9 Å². The fourth-order valence-electron chi connectivity index (χ4n) is 1.34. The fraction of sp³-hybridized carbons (Fsp3) is 0.429. The Labute approximate surface area is 107 Å². The smallest absolute Gasteiger partial charge is 0.315 e. The minimum absolute atomic E-state index is 0.237. The van der Waals surface area contributed by atoms with Crippen molar-refractivity contribution in [1.29, 1.82) is 0 Å². The van der Waals surface area contributed by atoms with Crippen LogP contribution >= 0.6 is 0 Å². The lowest BCUT2D eigenvalue weighted by Gasteiger charge is -2.18. The fourth-order valence-corrected chi connectivity index (χ4v) is 1.34. The molecule has 0 aromatic rings. The Morgan fingerprint density at radius 3 is 2.72 bits per heavy atom. The second-order valence-electron chi connectivity index (χ2n) is 3.52. The average Bonchev–Trinajstić information content (AvgIpc) is 2.36. The predicted molar refractivity (Wildman–Crippen MR) is 67.1 cm³/mol. The van der Waals surface area contributed by atoms with Gasteiger partial charge in [0.2, 0.25) is 5.91 Å². The van der Waals surface area contributed by atoms with Crippen molar-refractivity contribution in [2.45, 2.75) is 19.8 Å². The summed E-state index contributed by atoms with van der Waals surface area (Å²) in [5, 5.41) is 0. The van der Waals surface area contributed by atoms with Gasteiger partial charge in [0.15, 0.2) is 0 Å². The highest BCUT2D eigenvalue weighted by molar-refractivity contribution is 5.94. The lowest BCUT2D eigenvalue weighted by molar-refractivity contribution is -0.148. The van der Waals surface area contributed by atoms with Crippen molar-refractivity contribution in [1.82, 2.24) is 4.90 Å². The van der Waals surface area contributed by atoms with E-state index in [1.807, 2.05) is 0 Å². The number of hydrogen-bond donors (Lipinski definition) is 0. The number of allylic oxidation sites excluding steroid dienone is 2. The molecule has 0 N–H and O–H groups in total. The van der Waals surface area contributed by atoms with Crippen molar-refractivity contribution in [3.05, 3.63) is 12.2 Å². The van der Waals surface area contributed by atoms with Gasteiger partial charge < -0.3 is 9.64 Å². The summed E-state index contributed by atoms with van der Waals surface area (Å²) in [7, 11) is 0. The van der Waals surface area contributed by atoms with Crippen LogP contribution in [0.2, 0.25) is 0 Å². The highest BCUT2D eigenvalue weighted by Crippen LogP contribution is 1.98. The van der Waals surface area contributed by atoms with Gasteiger partial charge in [-0.25, -0.2) is 0 Å². The number of nitrogens with zero attached hydrogens (tertiary/aromatic N) is 1. The molecule has 94 valence electrons. The minimum Gasteiger partial charge on any atom is -0.466 e. The summed E-state index contributed by atoms with van der Waals surface area (Å²) < 4.78 is 4.74. The Bertz CT molecular complexity index is 457. The standard InChI is InChI=1S/C14H15NO3/c1-2-18-14(17)12-13(16)15-10-8-6-4-3-5-7-9-11-15/h3-4H,2,9-12H2,1H3/b4-3-. The van der Waals surface area contributed by atoms with Crippen LogP contribution in [0, 0.1) is 23.7 Å². The number of carbonyl (C=O) groups is 2. The first-order chi connectivity index (χ1) is 8.74. The van der Waals surface area contributed by atoms with E-state index in [2.05, 4.69) is 23.7 Å². The zero-order chi connectivity index (χ0) is 13.2. The lowest BCUT2D eigenvalue weighted by Crippen LogP contribution is -2.34. The summed E-state index contributed by atoms with van der Waals surface area (Å²) in [5.41, 5.74) is 0. The molecular weight excluding hydrogens is 230 g/mol. The van der Waals surface area contributed by atoms with Crippen molar-refractivity contribution in [3.8, 4) is 23.7 Å². The maximum absolute atomic E-state index is 11.8. The van der Waals surface area contributed by atoms with Crippen molar-refractivity contribution >= 4 is 11.9 Å². The van der Waals surface area contributed by atoms with Crippen molar-refractivity contribution < 1.29 is 14.3 Å². The molecule has 1 rings (SSSR count). The second-order valence-corrected chi connectivity index (χ2v) is 3.52. The van der Waals surface area contributed by atoms with Crippen LogP contribution in [-0.2, 0) is 14.3 Å². The third kappa shape index (κ3) is 5.23. The number of amides is 1. The molecule has 1 aliphatic rings. The number of esters is 1. The first kappa shape index (κ1) is 13.9. The maximum atomic E-state index is 11.8. The first-order valence-corrected chi connectivity index (χ1v) is 5.79. The van der Waals surface area contributed by atoms with E-state index < -0.39 is 5.97 Å². The molecule has 0 spiro atoms. The van der Waals surface area contributed by atoms with Gasteiger partial charge in [-0.15, -0.1) is 0 Å². The Kier molecular flexibility index (Phi) is 6.14. The van der Waals surface area contributed by atoms with Crippen molar-refractivity contribution in [2.24, 2.45) is 0 Å². The highest BCUT2D eigenvalue weighted by atomic mass is 16.5. The monoisotopic (exact) mass is 245 g/mol. The van der Waals surface area contributed by atoms with E-state index in [1.165, 1.54) is 4.90 Å². The Morgan fingerprint density at radius 1 is 1.28 bits per heavy atom. The number of rotatable bonds is 3. The van der Waals surface area contributed by atoms with Gasteiger partial charge in [-0.2, -0.15) is 0 Å². The third-order valence-corrected chi connectivity index (χ3v) is 2.18. The Hall–Kier alpha value is -2.20. The molecule has 1 amide bonds. The van der Waals surface area contributed by atoms with Crippen LogP contribution in [0.1, 0.15) is 19.8 Å². The molecule has 0 radical (unpaired) electrons. The van der Waals surface area contributed by atoms with Gasteiger partial charge >= 0.3 is 5.97 Å². The molecule has 4 heteroatoms. The normalized spacial score (nSPS) is 15.5. The largest absolute Gasteiger partial charge is 0.466 e. The van der Waals surface area contributed by atoms with Crippen LogP contribution in [0.25, 0.3) is 0 Å².